The topological polar surface area (TPSA) is 72.4 Å². The third kappa shape index (κ3) is 5.20. The molecule has 2 N–H and O–H groups in total. The monoisotopic (exact) mass is 100 g/mol. The van der Waals surface area contributed by atoms with Gasteiger partial charge in [0.05, 0.1) is 13.1 Å². The molecule has 0 unspecified atom stereocenters. The SMILES string of the molecule is N=NCCCN=N. The molecule has 4 heteroatoms. The molecule has 0 amide bonds. The van der Waals surface area contributed by atoms with Crippen molar-refractivity contribution in [3.8, 4) is 0 Å². The first-order valence-corrected chi connectivity index (χ1v) is 2.08. The van der Waals surface area contributed by atoms with E-state index in [4.69, 9.17) is 11.1 Å². The van der Waals surface area contributed by atoms with Gasteiger partial charge in [-0.1, -0.05) is 0 Å². The van der Waals surface area contributed by atoms with Gasteiger partial charge >= 0.3 is 0 Å². The highest BCUT2D eigenvalue weighted by molar-refractivity contribution is 4.39. The van der Waals surface area contributed by atoms with Crippen LogP contribution in [0.25, 0.3) is 0 Å². The Labute approximate surface area is 41.9 Å². The van der Waals surface area contributed by atoms with E-state index in [2.05, 4.69) is 10.2 Å². The third-order valence-electron chi connectivity index (χ3n) is 0.540. The Morgan fingerprint density at radius 3 is 1.71 bits per heavy atom. The van der Waals surface area contributed by atoms with Gasteiger partial charge in [0.25, 0.3) is 0 Å². The molecule has 0 aromatic carbocycles. The molecule has 0 spiro atoms. The fourth-order valence-corrected chi connectivity index (χ4v) is 0.229. The smallest absolute Gasteiger partial charge is 0.0614 e. The molecule has 0 aliphatic rings. The predicted octanol–water partition coefficient (Wildman–Crippen LogP) is 1.44. The summed E-state index contributed by atoms with van der Waals surface area (Å²) >= 11 is 0. The summed E-state index contributed by atoms with van der Waals surface area (Å²) in [6.45, 7) is 1.00. The van der Waals surface area contributed by atoms with Crippen LogP contribution in [0.5, 0.6) is 0 Å². The molecule has 0 saturated heterocycles. The Kier molecular flexibility index (Phi) is 4.61. The van der Waals surface area contributed by atoms with E-state index in [0.29, 0.717) is 13.1 Å². The fourth-order valence-electron chi connectivity index (χ4n) is 0.229. The lowest BCUT2D eigenvalue weighted by atomic mass is 10.4. The van der Waals surface area contributed by atoms with Crippen LogP contribution >= 0.6 is 0 Å². The maximum absolute atomic E-state index is 6.30. The normalized spacial score (nSPS) is 8.00. The molecule has 0 heterocycles. The van der Waals surface area contributed by atoms with Gasteiger partial charge in [-0.15, -0.1) is 0 Å². The maximum Gasteiger partial charge on any atom is 0.0614 e. The summed E-state index contributed by atoms with van der Waals surface area (Å²) in [5, 5.41) is 6.16. The van der Waals surface area contributed by atoms with E-state index < -0.39 is 0 Å². The van der Waals surface area contributed by atoms with Crippen LogP contribution in [-0.2, 0) is 0 Å². The van der Waals surface area contributed by atoms with Crippen LogP contribution in [0.1, 0.15) is 6.42 Å². The molecular weight excluding hydrogens is 92.1 g/mol. The van der Waals surface area contributed by atoms with Crippen LogP contribution in [0.3, 0.4) is 0 Å². The summed E-state index contributed by atoms with van der Waals surface area (Å²) in [5.41, 5.74) is 12.6. The van der Waals surface area contributed by atoms with Crippen molar-refractivity contribution in [3.05, 3.63) is 0 Å². The minimum atomic E-state index is 0.502. The summed E-state index contributed by atoms with van der Waals surface area (Å²) in [4.78, 5) is 0. The van der Waals surface area contributed by atoms with Crippen LogP contribution in [0.4, 0.5) is 0 Å². The molecule has 0 rings (SSSR count). The second-order valence-corrected chi connectivity index (χ2v) is 1.12. The Morgan fingerprint density at radius 1 is 1.00 bits per heavy atom. The van der Waals surface area contributed by atoms with Crippen LogP contribution in [0, 0.1) is 11.1 Å². The standard InChI is InChI=1S/C3H8N4/c4-6-2-1-3-7-5/h4-5H,1-3H2. The quantitative estimate of drug-likeness (QED) is 0.396. The molecule has 4 nitrogen and oxygen atoms in total. The van der Waals surface area contributed by atoms with Gasteiger partial charge in [-0.05, 0) is 6.42 Å². The average molecular weight is 100 g/mol. The minimum absolute atomic E-state index is 0.502. The van der Waals surface area contributed by atoms with E-state index in [1.54, 1.807) is 0 Å². The largest absolute Gasteiger partial charge is 0.210 e. The van der Waals surface area contributed by atoms with E-state index in [-0.39, 0.29) is 0 Å². The van der Waals surface area contributed by atoms with Crippen molar-refractivity contribution < 1.29 is 0 Å². The summed E-state index contributed by atoms with van der Waals surface area (Å²) in [7, 11) is 0. The van der Waals surface area contributed by atoms with Crippen LogP contribution in [0.15, 0.2) is 10.2 Å². The van der Waals surface area contributed by atoms with E-state index in [9.17, 15) is 0 Å². The van der Waals surface area contributed by atoms with Gasteiger partial charge in [0.1, 0.15) is 0 Å². The van der Waals surface area contributed by atoms with Gasteiger partial charge in [0, 0.05) is 0 Å². The minimum Gasteiger partial charge on any atom is -0.210 e. The predicted molar refractivity (Wildman–Crippen MR) is 24.6 cm³/mol. The van der Waals surface area contributed by atoms with Gasteiger partial charge in [-0.2, -0.15) is 10.2 Å². The van der Waals surface area contributed by atoms with Crippen molar-refractivity contribution in [3.63, 3.8) is 0 Å². The van der Waals surface area contributed by atoms with Gasteiger partial charge in [-0.25, -0.2) is 11.1 Å². The zero-order chi connectivity index (χ0) is 5.54. The van der Waals surface area contributed by atoms with Crippen molar-refractivity contribution >= 4 is 0 Å². The van der Waals surface area contributed by atoms with Crippen molar-refractivity contribution in [1.29, 1.82) is 11.1 Å². The molecule has 0 radical (unpaired) electrons. The number of rotatable bonds is 4. The summed E-state index contributed by atoms with van der Waals surface area (Å²) < 4.78 is 0. The molecule has 0 aliphatic carbocycles. The van der Waals surface area contributed by atoms with Gasteiger partial charge in [-0.3, -0.25) is 0 Å². The molecule has 0 saturated carbocycles. The molecular formula is C3H8N4. The van der Waals surface area contributed by atoms with E-state index in [1.807, 2.05) is 0 Å². The van der Waals surface area contributed by atoms with Crippen LogP contribution in [0.2, 0.25) is 0 Å². The molecule has 0 bridgehead atoms. The lowest BCUT2D eigenvalue weighted by molar-refractivity contribution is 0.757. The second-order valence-electron chi connectivity index (χ2n) is 1.12. The summed E-state index contributed by atoms with van der Waals surface area (Å²) in [6, 6.07) is 0. The summed E-state index contributed by atoms with van der Waals surface area (Å²) in [5.74, 6) is 0. The molecule has 0 aromatic heterocycles. The van der Waals surface area contributed by atoms with Crippen molar-refractivity contribution in [2.24, 2.45) is 10.2 Å². The highest BCUT2D eigenvalue weighted by Crippen LogP contribution is 1.79. The number of hydrogen-bond donors (Lipinski definition) is 2. The van der Waals surface area contributed by atoms with Crippen molar-refractivity contribution in [1.82, 2.24) is 0 Å². The van der Waals surface area contributed by atoms with Crippen molar-refractivity contribution in [2.45, 2.75) is 6.42 Å². The number of nitrogens with zero attached hydrogens (tertiary/aromatic N) is 2. The molecule has 0 atom stereocenters. The average Bonchev–Trinajstić information content (AvgIpc) is 1.69. The molecule has 0 aromatic rings. The number of nitrogens with one attached hydrogen (secondary N) is 2. The lowest BCUT2D eigenvalue weighted by Gasteiger charge is -1.81. The first-order chi connectivity index (χ1) is 3.41. The van der Waals surface area contributed by atoms with Crippen LogP contribution < -0.4 is 0 Å². The maximum atomic E-state index is 6.30. The highest BCUT2D eigenvalue weighted by Gasteiger charge is 1.77. The Balaban J connectivity index is 2.68. The Morgan fingerprint density at radius 2 is 1.43 bits per heavy atom. The number of hydrogen-bond acceptors (Lipinski definition) is 4. The first-order valence-electron chi connectivity index (χ1n) is 2.08. The van der Waals surface area contributed by atoms with Crippen molar-refractivity contribution in [2.75, 3.05) is 13.1 Å². The molecule has 40 valence electrons. The molecule has 0 aliphatic heterocycles. The first kappa shape index (κ1) is 6.20. The van der Waals surface area contributed by atoms with Crippen LogP contribution in [-0.4, -0.2) is 13.1 Å². The fraction of sp³-hybridized carbons (Fsp3) is 1.00. The lowest BCUT2D eigenvalue weighted by Crippen LogP contribution is -1.81. The molecule has 7 heavy (non-hydrogen) atoms. The van der Waals surface area contributed by atoms with E-state index >= 15 is 0 Å². The Hall–Kier alpha value is -0.800. The molecule has 0 fully saturated rings. The zero-order valence-electron chi connectivity index (χ0n) is 4.02. The summed E-state index contributed by atoms with van der Waals surface area (Å²) in [6.07, 6.45) is 0.729. The Bertz CT molecular complexity index is 52.0. The van der Waals surface area contributed by atoms with Gasteiger partial charge in [0.15, 0.2) is 0 Å². The second kappa shape index (κ2) is 5.20. The van der Waals surface area contributed by atoms with E-state index in [0.717, 1.165) is 6.42 Å². The van der Waals surface area contributed by atoms with E-state index in [1.165, 1.54) is 0 Å². The van der Waals surface area contributed by atoms with Gasteiger partial charge < -0.3 is 0 Å². The highest BCUT2D eigenvalue weighted by atomic mass is 15.0. The zero-order valence-corrected chi connectivity index (χ0v) is 4.02. The van der Waals surface area contributed by atoms with Gasteiger partial charge in [0.2, 0.25) is 0 Å². The third-order valence-corrected chi connectivity index (χ3v) is 0.540.